The van der Waals surface area contributed by atoms with Crippen LogP contribution in [0.2, 0.25) is 0 Å². The lowest BCUT2D eigenvalue weighted by atomic mass is 10.0. The summed E-state index contributed by atoms with van der Waals surface area (Å²) in [5.41, 5.74) is 1.29. The molecule has 1 aromatic carbocycles. The van der Waals surface area contributed by atoms with E-state index in [0.29, 0.717) is 12.5 Å². The maximum Gasteiger partial charge on any atom is 0.0641 e. The minimum absolute atomic E-state index is 0.272. The first-order valence-electron chi connectivity index (χ1n) is 7.78. The second kappa shape index (κ2) is 6.39. The molecule has 0 aromatic heterocycles. The van der Waals surface area contributed by atoms with Crippen LogP contribution in [0.1, 0.15) is 37.3 Å². The van der Waals surface area contributed by atoms with Gasteiger partial charge in [-0.05, 0) is 37.9 Å². The molecule has 2 aliphatic heterocycles. The Labute approximate surface area is 121 Å². The molecule has 2 aliphatic rings. The van der Waals surface area contributed by atoms with Gasteiger partial charge in [0.1, 0.15) is 0 Å². The van der Waals surface area contributed by atoms with Gasteiger partial charge in [-0.1, -0.05) is 30.3 Å². The summed E-state index contributed by atoms with van der Waals surface area (Å²) in [6, 6.07) is 13.9. The molecule has 2 saturated heterocycles. The van der Waals surface area contributed by atoms with Crippen LogP contribution in [0, 0.1) is 11.3 Å². The van der Waals surface area contributed by atoms with Crippen molar-refractivity contribution in [2.75, 3.05) is 26.2 Å². The first-order chi connectivity index (χ1) is 9.88. The van der Waals surface area contributed by atoms with E-state index in [9.17, 15) is 0 Å². The van der Waals surface area contributed by atoms with Crippen molar-refractivity contribution in [1.82, 2.24) is 9.80 Å². The van der Waals surface area contributed by atoms with Gasteiger partial charge in [0, 0.05) is 25.2 Å². The average molecular weight is 269 g/mol. The predicted octanol–water partition coefficient (Wildman–Crippen LogP) is 2.81. The maximum atomic E-state index is 9.15. The van der Waals surface area contributed by atoms with E-state index in [1.165, 1.54) is 37.9 Å². The zero-order valence-electron chi connectivity index (χ0n) is 12.0. The van der Waals surface area contributed by atoms with Gasteiger partial charge in [0.2, 0.25) is 0 Å². The van der Waals surface area contributed by atoms with Crippen LogP contribution in [0.5, 0.6) is 0 Å². The van der Waals surface area contributed by atoms with Gasteiger partial charge in [-0.25, -0.2) is 0 Å². The SMILES string of the molecule is N#CCC(c1ccccc1)N1CCC(N2CCCC2)C1. The van der Waals surface area contributed by atoms with Crippen molar-refractivity contribution >= 4 is 0 Å². The van der Waals surface area contributed by atoms with Crippen molar-refractivity contribution in [2.24, 2.45) is 0 Å². The van der Waals surface area contributed by atoms with Gasteiger partial charge in [0.05, 0.1) is 12.5 Å². The topological polar surface area (TPSA) is 30.3 Å². The first-order valence-corrected chi connectivity index (χ1v) is 7.78. The highest BCUT2D eigenvalue weighted by Gasteiger charge is 2.33. The van der Waals surface area contributed by atoms with E-state index in [4.69, 9.17) is 5.26 Å². The molecule has 0 amide bonds. The lowest BCUT2D eigenvalue weighted by Gasteiger charge is -2.28. The average Bonchev–Trinajstić information content (AvgIpc) is 3.16. The number of hydrogen-bond donors (Lipinski definition) is 0. The Morgan fingerprint density at radius 1 is 1.15 bits per heavy atom. The van der Waals surface area contributed by atoms with Crippen LogP contribution in [0.4, 0.5) is 0 Å². The van der Waals surface area contributed by atoms with Crippen LogP contribution in [-0.2, 0) is 0 Å². The standard InChI is InChI=1S/C17H23N3/c18-10-8-17(15-6-2-1-3-7-15)20-13-9-16(14-20)19-11-4-5-12-19/h1-3,6-7,16-17H,4-5,8-9,11-14H2. The molecule has 3 rings (SSSR count). The molecule has 3 heteroatoms. The van der Waals surface area contributed by atoms with Crippen molar-refractivity contribution in [3.63, 3.8) is 0 Å². The van der Waals surface area contributed by atoms with Gasteiger partial charge in [0.15, 0.2) is 0 Å². The van der Waals surface area contributed by atoms with E-state index in [0.717, 1.165) is 13.1 Å². The zero-order chi connectivity index (χ0) is 13.8. The molecule has 0 aliphatic carbocycles. The summed E-state index contributed by atoms with van der Waals surface area (Å²) in [5, 5.41) is 9.15. The predicted molar refractivity (Wildman–Crippen MR) is 80.2 cm³/mol. The molecule has 2 fully saturated rings. The minimum Gasteiger partial charge on any atom is -0.299 e. The maximum absolute atomic E-state index is 9.15. The van der Waals surface area contributed by atoms with E-state index >= 15 is 0 Å². The van der Waals surface area contributed by atoms with Gasteiger partial charge in [-0.2, -0.15) is 5.26 Å². The Balaban J connectivity index is 1.68. The van der Waals surface area contributed by atoms with Crippen molar-refractivity contribution in [3.8, 4) is 6.07 Å². The van der Waals surface area contributed by atoms with E-state index < -0.39 is 0 Å². The van der Waals surface area contributed by atoms with Crippen LogP contribution in [0.3, 0.4) is 0 Å². The van der Waals surface area contributed by atoms with Gasteiger partial charge in [0.25, 0.3) is 0 Å². The lowest BCUT2D eigenvalue weighted by Crippen LogP contribution is -2.36. The fraction of sp³-hybridized carbons (Fsp3) is 0.588. The normalized spacial score (nSPS) is 25.6. The molecule has 0 radical (unpaired) electrons. The van der Waals surface area contributed by atoms with Crippen molar-refractivity contribution in [1.29, 1.82) is 5.26 Å². The number of hydrogen-bond acceptors (Lipinski definition) is 3. The summed E-state index contributed by atoms with van der Waals surface area (Å²) in [7, 11) is 0. The molecule has 0 saturated carbocycles. The highest BCUT2D eigenvalue weighted by atomic mass is 15.3. The van der Waals surface area contributed by atoms with Crippen LogP contribution >= 0.6 is 0 Å². The summed E-state index contributed by atoms with van der Waals surface area (Å²) in [4.78, 5) is 5.16. The van der Waals surface area contributed by atoms with Crippen molar-refractivity contribution < 1.29 is 0 Å². The lowest BCUT2D eigenvalue weighted by molar-refractivity contribution is 0.201. The number of nitriles is 1. The van der Waals surface area contributed by atoms with Crippen LogP contribution in [0.25, 0.3) is 0 Å². The third-order valence-electron chi connectivity index (χ3n) is 4.76. The Bertz CT molecular complexity index is 459. The number of benzene rings is 1. The monoisotopic (exact) mass is 269 g/mol. The fourth-order valence-corrected chi connectivity index (χ4v) is 3.68. The number of nitrogens with zero attached hydrogens (tertiary/aromatic N) is 3. The van der Waals surface area contributed by atoms with E-state index in [-0.39, 0.29) is 6.04 Å². The molecule has 20 heavy (non-hydrogen) atoms. The molecule has 106 valence electrons. The highest BCUT2D eigenvalue weighted by molar-refractivity contribution is 5.20. The molecular formula is C17H23N3. The molecule has 3 nitrogen and oxygen atoms in total. The molecule has 0 bridgehead atoms. The molecule has 1 aromatic rings. The van der Waals surface area contributed by atoms with Gasteiger partial charge < -0.3 is 0 Å². The number of likely N-dealkylation sites (tertiary alicyclic amines) is 2. The third kappa shape index (κ3) is 2.87. The summed E-state index contributed by atoms with van der Waals surface area (Å²) in [6.45, 7) is 4.79. The third-order valence-corrected chi connectivity index (χ3v) is 4.76. The second-order valence-electron chi connectivity index (χ2n) is 5.97. The molecular weight excluding hydrogens is 246 g/mol. The zero-order valence-corrected chi connectivity index (χ0v) is 12.0. The van der Waals surface area contributed by atoms with Crippen LogP contribution in [-0.4, -0.2) is 42.0 Å². The molecule has 2 unspecified atom stereocenters. The fourth-order valence-electron chi connectivity index (χ4n) is 3.68. The summed E-state index contributed by atoms with van der Waals surface area (Å²) in [5.74, 6) is 0. The Morgan fingerprint density at radius 2 is 1.90 bits per heavy atom. The Kier molecular flexibility index (Phi) is 4.34. The molecule has 0 N–H and O–H groups in total. The van der Waals surface area contributed by atoms with Gasteiger partial charge in [-0.3, -0.25) is 9.80 Å². The van der Waals surface area contributed by atoms with E-state index in [2.05, 4.69) is 40.1 Å². The van der Waals surface area contributed by atoms with Gasteiger partial charge in [-0.15, -0.1) is 0 Å². The van der Waals surface area contributed by atoms with Crippen molar-refractivity contribution in [3.05, 3.63) is 35.9 Å². The molecule has 2 atom stereocenters. The molecule has 2 heterocycles. The quantitative estimate of drug-likeness (QED) is 0.842. The Morgan fingerprint density at radius 3 is 2.60 bits per heavy atom. The first kappa shape index (κ1) is 13.6. The van der Waals surface area contributed by atoms with Crippen LogP contribution in [0.15, 0.2) is 30.3 Å². The second-order valence-corrected chi connectivity index (χ2v) is 5.97. The number of rotatable bonds is 4. The van der Waals surface area contributed by atoms with Gasteiger partial charge >= 0.3 is 0 Å². The summed E-state index contributed by atoms with van der Waals surface area (Å²) >= 11 is 0. The summed E-state index contributed by atoms with van der Waals surface area (Å²) in [6.07, 6.45) is 4.57. The summed E-state index contributed by atoms with van der Waals surface area (Å²) < 4.78 is 0. The Hall–Kier alpha value is -1.37. The largest absolute Gasteiger partial charge is 0.299 e. The van der Waals surface area contributed by atoms with E-state index in [1.807, 2.05) is 6.07 Å². The smallest absolute Gasteiger partial charge is 0.0641 e. The minimum atomic E-state index is 0.272. The molecule has 0 spiro atoms. The van der Waals surface area contributed by atoms with E-state index in [1.54, 1.807) is 0 Å². The van der Waals surface area contributed by atoms with Crippen molar-refractivity contribution in [2.45, 2.75) is 37.8 Å². The highest BCUT2D eigenvalue weighted by Crippen LogP contribution is 2.30. The van der Waals surface area contributed by atoms with Crippen LogP contribution < -0.4 is 0 Å².